The number of aliphatic hydroxyl groups is 2. The second-order valence-corrected chi connectivity index (χ2v) is 5.87. The third kappa shape index (κ3) is 15.9. The Morgan fingerprint density at radius 2 is 1.30 bits per heavy atom. The first-order valence-electron chi connectivity index (χ1n) is 8.83. The van der Waals surface area contributed by atoms with Crippen molar-refractivity contribution in [3.05, 3.63) is 0 Å². The summed E-state index contributed by atoms with van der Waals surface area (Å²) in [7, 11) is 0. The number of aliphatic hydroxyl groups excluding tert-OH is 2. The number of hydrogen-bond acceptors (Lipinski definition) is 3. The van der Waals surface area contributed by atoms with E-state index in [4.69, 9.17) is 5.11 Å². The summed E-state index contributed by atoms with van der Waals surface area (Å²) in [6.07, 6.45) is 15.4. The Bertz CT molecular complexity index is 176. The average molecular weight is 287 g/mol. The van der Waals surface area contributed by atoms with Crippen LogP contribution in [0.4, 0.5) is 0 Å². The van der Waals surface area contributed by atoms with Crippen LogP contribution in [-0.2, 0) is 0 Å². The monoisotopic (exact) mass is 287 g/mol. The highest BCUT2D eigenvalue weighted by Crippen LogP contribution is 2.11. The van der Waals surface area contributed by atoms with Crippen molar-refractivity contribution in [1.29, 1.82) is 0 Å². The van der Waals surface area contributed by atoms with Gasteiger partial charge in [0, 0.05) is 6.61 Å². The molecule has 1 unspecified atom stereocenters. The number of nitrogens with one attached hydrogen (secondary N) is 1. The summed E-state index contributed by atoms with van der Waals surface area (Å²) in [5.74, 6) is 0. The molecule has 0 aromatic carbocycles. The molecule has 0 aliphatic heterocycles. The maximum atomic E-state index is 9.75. The predicted molar refractivity (Wildman–Crippen MR) is 86.8 cm³/mol. The quantitative estimate of drug-likeness (QED) is 0.297. The summed E-state index contributed by atoms with van der Waals surface area (Å²) in [6.45, 7) is 3.39. The van der Waals surface area contributed by atoms with Crippen LogP contribution in [0.1, 0.15) is 90.4 Å². The minimum absolute atomic E-state index is 0.279. The van der Waals surface area contributed by atoms with Crippen LogP contribution in [0.25, 0.3) is 0 Å². The SMILES string of the molecule is CCCCCCCCCCCC(O)NCCCCCO. The van der Waals surface area contributed by atoms with E-state index in [1.54, 1.807) is 0 Å². The zero-order valence-electron chi connectivity index (χ0n) is 13.6. The summed E-state index contributed by atoms with van der Waals surface area (Å²) in [5, 5.41) is 21.5. The van der Waals surface area contributed by atoms with Gasteiger partial charge in [-0.15, -0.1) is 0 Å². The summed E-state index contributed by atoms with van der Waals surface area (Å²) in [5.41, 5.74) is 0. The first-order valence-corrected chi connectivity index (χ1v) is 8.83. The lowest BCUT2D eigenvalue weighted by atomic mass is 10.1. The zero-order valence-corrected chi connectivity index (χ0v) is 13.6. The third-order valence-electron chi connectivity index (χ3n) is 3.80. The van der Waals surface area contributed by atoms with Crippen LogP contribution in [0.3, 0.4) is 0 Å². The van der Waals surface area contributed by atoms with Crippen LogP contribution in [-0.4, -0.2) is 29.6 Å². The molecule has 0 aliphatic carbocycles. The highest BCUT2D eigenvalue weighted by atomic mass is 16.3. The number of hydrogen-bond donors (Lipinski definition) is 3. The van der Waals surface area contributed by atoms with Crippen molar-refractivity contribution >= 4 is 0 Å². The van der Waals surface area contributed by atoms with Crippen molar-refractivity contribution in [2.24, 2.45) is 0 Å². The van der Waals surface area contributed by atoms with Gasteiger partial charge in [0.25, 0.3) is 0 Å². The fraction of sp³-hybridized carbons (Fsp3) is 1.00. The van der Waals surface area contributed by atoms with Crippen molar-refractivity contribution in [2.75, 3.05) is 13.2 Å². The summed E-state index contributed by atoms with van der Waals surface area (Å²) in [6, 6.07) is 0. The van der Waals surface area contributed by atoms with E-state index in [0.29, 0.717) is 0 Å². The van der Waals surface area contributed by atoms with Gasteiger partial charge in [0.2, 0.25) is 0 Å². The van der Waals surface area contributed by atoms with Crippen LogP contribution in [0.5, 0.6) is 0 Å². The van der Waals surface area contributed by atoms with Gasteiger partial charge in [0.05, 0.1) is 0 Å². The fourth-order valence-electron chi connectivity index (χ4n) is 2.43. The van der Waals surface area contributed by atoms with E-state index in [0.717, 1.165) is 38.6 Å². The van der Waals surface area contributed by atoms with E-state index >= 15 is 0 Å². The van der Waals surface area contributed by atoms with E-state index in [1.807, 2.05) is 0 Å². The van der Waals surface area contributed by atoms with Gasteiger partial charge in [-0.2, -0.15) is 0 Å². The standard InChI is InChI=1S/C17H37NO2/c1-2-3-4-5-6-7-8-9-11-14-17(20)18-15-12-10-13-16-19/h17-20H,2-16H2,1H3. The van der Waals surface area contributed by atoms with Crippen molar-refractivity contribution in [3.63, 3.8) is 0 Å². The molecule has 0 saturated carbocycles. The average Bonchev–Trinajstić information content (AvgIpc) is 2.45. The van der Waals surface area contributed by atoms with Crippen LogP contribution in [0, 0.1) is 0 Å². The Kier molecular flexibility index (Phi) is 16.8. The Hall–Kier alpha value is -0.120. The lowest BCUT2D eigenvalue weighted by Gasteiger charge is -2.12. The van der Waals surface area contributed by atoms with Crippen LogP contribution < -0.4 is 5.32 Å². The maximum absolute atomic E-state index is 9.75. The molecule has 0 heterocycles. The molecule has 0 radical (unpaired) electrons. The molecule has 0 amide bonds. The molecular weight excluding hydrogens is 250 g/mol. The van der Waals surface area contributed by atoms with Gasteiger partial charge in [0.1, 0.15) is 6.23 Å². The van der Waals surface area contributed by atoms with Gasteiger partial charge >= 0.3 is 0 Å². The molecule has 20 heavy (non-hydrogen) atoms. The topological polar surface area (TPSA) is 52.5 Å². The maximum Gasteiger partial charge on any atom is 0.104 e. The van der Waals surface area contributed by atoms with Gasteiger partial charge in [-0.05, 0) is 38.6 Å². The first kappa shape index (κ1) is 19.9. The van der Waals surface area contributed by atoms with Gasteiger partial charge < -0.3 is 10.2 Å². The fourth-order valence-corrected chi connectivity index (χ4v) is 2.43. The van der Waals surface area contributed by atoms with Crippen LogP contribution in [0.15, 0.2) is 0 Å². The molecule has 0 aliphatic rings. The van der Waals surface area contributed by atoms with Gasteiger partial charge in [-0.3, -0.25) is 5.32 Å². The lowest BCUT2D eigenvalue weighted by Crippen LogP contribution is -2.29. The van der Waals surface area contributed by atoms with Crippen LogP contribution in [0.2, 0.25) is 0 Å². The molecular formula is C17H37NO2. The van der Waals surface area contributed by atoms with Gasteiger partial charge in [-0.1, -0.05) is 58.3 Å². The van der Waals surface area contributed by atoms with Crippen molar-refractivity contribution in [2.45, 2.75) is 96.6 Å². The van der Waals surface area contributed by atoms with Crippen molar-refractivity contribution in [1.82, 2.24) is 5.32 Å². The highest BCUT2D eigenvalue weighted by molar-refractivity contribution is 4.55. The normalized spacial score (nSPS) is 12.8. The molecule has 3 N–H and O–H groups in total. The molecule has 1 atom stereocenters. The summed E-state index contributed by atoms with van der Waals surface area (Å²) < 4.78 is 0. The van der Waals surface area contributed by atoms with E-state index in [-0.39, 0.29) is 12.8 Å². The number of rotatable bonds is 16. The minimum atomic E-state index is -0.339. The largest absolute Gasteiger partial charge is 0.396 e. The predicted octanol–water partition coefficient (Wildman–Crippen LogP) is 3.98. The second kappa shape index (κ2) is 16.9. The molecule has 3 heteroatoms. The minimum Gasteiger partial charge on any atom is -0.396 e. The molecule has 122 valence electrons. The van der Waals surface area contributed by atoms with E-state index in [9.17, 15) is 5.11 Å². The second-order valence-electron chi connectivity index (χ2n) is 5.87. The molecule has 0 fully saturated rings. The molecule has 3 nitrogen and oxygen atoms in total. The molecule has 0 rings (SSSR count). The molecule has 0 bridgehead atoms. The summed E-state index contributed by atoms with van der Waals surface area (Å²) in [4.78, 5) is 0. The van der Waals surface area contributed by atoms with Crippen molar-refractivity contribution < 1.29 is 10.2 Å². The smallest absolute Gasteiger partial charge is 0.104 e. The van der Waals surface area contributed by atoms with Crippen molar-refractivity contribution in [3.8, 4) is 0 Å². The lowest BCUT2D eigenvalue weighted by molar-refractivity contribution is 0.124. The molecule has 0 saturated heterocycles. The Morgan fingerprint density at radius 3 is 1.90 bits per heavy atom. The highest BCUT2D eigenvalue weighted by Gasteiger charge is 2.02. The van der Waals surface area contributed by atoms with Gasteiger partial charge in [0.15, 0.2) is 0 Å². The van der Waals surface area contributed by atoms with Crippen LogP contribution >= 0.6 is 0 Å². The number of unbranched alkanes of at least 4 members (excludes halogenated alkanes) is 10. The zero-order chi connectivity index (χ0) is 14.9. The van der Waals surface area contributed by atoms with E-state index in [1.165, 1.54) is 51.4 Å². The Balaban J connectivity index is 3.09. The summed E-state index contributed by atoms with van der Waals surface area (Å²) >= 11 is 0. The Labute approximate surface area is 126 Å². The first-order chi connectivity index (χ1) is 9.81. The van der Waals surface area contributed by atoms with E-state index in [2.05, 4.69) is 12.2 Å². The Morgan fingerprint density at radius 1 is 0.750 bits per heavy atom. The third-order valence-corrected chi connectivity index (χ3v) is 3.80. The van der Waals surface area contributed by atoms with E-state index < -0.39 is 0 Å². The molecule has 0 aromatic heterocycles. The molecule has 0 aromatic rings. The van der Waals surface area contributed by atoms with Gasteiger partial charge in [-0.25, -0.2) is 0 Å². The molecule has 0 spiro atoms.